The predicted octanol–water partition coefficient (Wildman–Crippen LogP) is 3.07. The van der Waals surface area contributed by atoms with Crippen LogP contribution in [0.1, 0.15) is 25.8 Å². The molecular formula is C13H17BrN2O. The Hall–Kier alpha value is -1.05. The van der Waals surface area contributed by atoms with Crippen molar-refractivity contribution in [2.24, 2.45) is 0 Å². The standard InChI is InChI=1S/C13H17BrN2O/c1-10(2)16(7-3-6-15)12-5-4-11(9-17)13(14)8-12/h4-5,8,10,17H,3,7,9H2,1-2H3. The smallest absolute Gasteiger partial charge is 0.0692 e. The minimum absolute atomic E-state index is 0.0285. The molecule has 3 nitrogen and oxygen atoms in total. The third kappa shape index (κ3) is 3.72. The Bertz CT molecular complexity index is 412. The Balaban J connectivity index is 2.95. The zero-order chi connectivity index (χ0) is 12.8. The zero-order valence-electron chi connectivity index (χ0n) is 10.2. The molecule has 0 radical (unpaired) electrons. The lowest BCUT2D eigenvalue weighted by Gasteiger charge is -2.28. The molecule has 0 aliphatic carbocycles. The molecule has 0 aliphatic heterocycles. The third-order valence-electron chi connectivity index (χ3n) is 2.63. The number of nitriles is 1. The van der Waals surface area contributed by atoms with Gasteiger partial charge in [-0.2, -0.15) is 5.26 Å². The maximum atomic E-state index is 9.11. The third-order valence-corrected chi connectivity index (χ3v) is 3.36. The van der Waals surface area contributed by atoms with Crippen LogP contribution in [-0.2, 0) is 6.61 Å². The van der Waals surface area contributed by atoms with Gasteiger partial charge in [0, 0.05) is 22.7 Å². The van der Waals surface area contributed by atoms with Crippen LogP contribution in [0, 0.1) is 11.3 Å². The van der Waals surface area contributed by atoms with Gasteiger partial charge in [-0.05, 0) is 31.5 Å². The van der Waals surface area contributed by atoms with E-state index < -0.39 is 0 Å². The summed E-state index contributed by atoms with van der Waals surface area (Å²) in [6.07, 6.45) is 0.511. The monoisotopic (exact) mass is 296 g/mol. The minimum Gasteiger partial charge on any atom is -0.392 e. The highest BCUT2D eigenvalue weighted by atomic mass is 79.9. The lowest BCUT2D eigenvalue weighted by Crippen LogP contribution is -2.31. The van der Waals surface area contributed by atoms with Crippen LogP contribution in [0.5, 0.6) is 0 Å². The van der Waals surface area contributed by atoms with Crippen molar-refractivity contribution in [1.29, 1.82) is 5.26 Å². The molecule has 0 heterocycles. The molecule has 92 valence electrons. The van der Waals surface area contributed by atoms with E-state index in [0.717, 1.165) is 22.3 Å². The molecule has 1 rings (SSSR count). The van der Waals surface area contributed by atoms with E-state index in [2.05, 4.69) is 40.7 Å². The normalized spacial score (nSPS) is 10.4. The highest BCUT2D eigenvalue weighted by Crippen LogP contribution is 2.25. The topological polar surface area (TPSA) is 47.3 Å². The van der Waals surface area contributed by atoms with Crippen LogP contribution in [0.3, 0.4) is 0 Å². The Morgan fingerprint density at radius 3 is 2.65 bits per heavy atom. The van der Waals surface area contributed by atoms with Crippen molar-refractivity contribution in [3.8, 4) is 6.07 Å². The van der Waals surface area contributed by atoms with E-state index in [1.54, 1.807) is 0 Å². The Labute approximate surface area is 111 Å². The maximum absolute atomic E-state index is 9.11. The number of hydrogen-bond acceptors (Lipinski definition) is 3. The van der Waals surface area contributed by atoms with E-state index in [0.29, 0.717) is 12.5 Å². The van der Waals surface area contributed by atoms with E-state index in [-0.39, 0.29) is 6.61 Å². The molecule has 0 bridgehead atoms. The van der Waals surface area contributed by atoms with Crippen LogP contribution in [-0.4, -0.2) is 17.7 Å². The highest BCUT2D eigenvalue weighted by molar-refractivity contribution is 9.10. The fraction of sp³-hybridized carbons (Fsp3) is 0.462. The second kappa shape index (κ2) is 6.63. The molecule has 0 atom stereocenters. The van der Waals surface area contributed by atoms with Crippen molar-refractivity contribution in [1.82, 2.24) is 0 Å². The molecule has 1 aromatic carbocycles. The summed E-state index contributed by atoms with van der Waals surface area (Å²) in [6.45, 7) is 4.95. The van der Waals surface area contributed by atoms with Gasteiger partial charge in [0.15, 0.2) is 0 Å². The molecular weight excluding hydrogens is 280 g/mol. The minimum atomic E-state index is 0.0285. The number of anilines is 1. The first-order chi connectivity index (χ1) is 8.10. The molecule has 0 saturated carbocycles. The fourth-order valence-electron chi connectivity index (χ4n) is 1.70. The number of nitrogens with zero attached hydrogens (tertiary/aromatic N) is 2. The summed E-state index contributed by atoms with van der Waals surface area (Å²) < 4.78 is 0.903. The van der Waals surface area contributed by atoms with E-state index in [4.69, 9.17) is 10.4 Å². The molecule has 0 fully saturated rings. The van der Waals surface area contributed by atoms with Gasteiger partial charge in [-0.1, -0.05) is 22.0 Å². The fourth-order valence-corrected chi connectivity index (χ4v) is 2.19. The van der Waals surface area contributed by atoms with E-state index >= 15 is 0 Å². The van der Waals surface area contributed by atoms with Gasteiger partial charge in [0.25, 0.3) is 0 Å². The average Bonchev–Trinajstić information content (AvgIpc) is 2.29. The van der Waals surface area contributed by atoms with Gasteiger partial charge in [-0.25, -0.2) is 0 Å². The lowest BCUT2D eigenvalue weighted by atomic mass is 10.1. The summed E-state index contributed by atoms with van der Waals surface area (Å²) in [5.74, 6) is 0. The Kier molecular flexibility index (Phi) is 5.46. The molecule has 0 saturated heterocycles. The second-order valence-corrected chi connectivity index (χ2v) is 4.98. The lowest BCUT2D eigenvalue weighted by molar-refractivity contribution is 0.281. The summed E-state index contributed by atoms with van der Waals surface area (Å²) in [5.41, 5.74) is 1.94. The van der Waals surface area contributed by atoms with Crippen LogP contribution in [0.15, 0.2) is 22.7 Å². The van der Waals surface area contributed by atoms with Crippen LogP contribution in [0.2, 0.25) is 0 Å². The van der Waals surface area contributed by atoms with E-state index in [1.807, 2.05) is 18.2 Å². The molecule has 0 aromatic heterocycles. The first-order valence-corrected chi connectivity index (χ1v) is 6.42. The predicted molar refractivity (Wildman–Crippen MR) is 72.8 cm³/mol. The van der Waals surface area contributed by atoms with Gasteiger partial charge in [-0.3, -0.25) is 0 Å². The number of aliphatic hydroxyl groups is 1. The highest BCUT2D eigenvalue weighted by Gasteiger charge is 2.11. The second-order valence-electron chi connectivity index (χ2n) is 4.13. The van der Waals surface area contributed by atoms with E-state index in [1.165, 1.54) is 0 Å². The number of rotatable bonds is 5. The van der Waals surface area contributed by atoms with Gasteiger partial charge in [0.05, 0.1) is 19.1 Å². The molecule has 4 heteroatoms. The molecule has 0 unspecified atom stereocenters. The summed E-state index contributed by atoms with van der Waals surface area (Å²) in [6, 6.07) is 8.38. The molecule has 0 amide bonds. The van der Waals surface area contributed by atoms with Crippen molar-refractivity contribution in [2.45, 2.75) is 32.9 Å². The molecule has 0 spiro atoms. The van der Waals surface area contributed by atoms with Crippen LogP contribution < -0.4 is 4.90 Å². The van der Waals surface area contributed by atoms with Crippen molar-refractivity contribution in [3.63, 3.8) is 0 Å². The first-order valence-electron chi connectivity index (χ1n) is 5.63. The quantitative estimate of drug-likeness (QED) is 0.908. The van der Waals surface area contributed by atoms with Crippen molar-refractivity contribution in [2.75, 3.05) is 11.4 Å². The zero-order valence-corrected chi connectivity index (χ0v) is 11.7. The van der Waals surface area contributed by atoms with Crippen LogP contribution >= 0.6 is 15.9 Å². The van der Waals surface area contributed by atoms with Gasteiger partial charge in [0.1, 0.15) is 0 Å². The summed E-state index contributed by atoms with van der Waals surface area (Å²) in [5, 5.41) is 17.8. The SMILES string of the molecule is CC(C)N(CCC#N)c1ccc(CO)c(Br)c1. The van der Waals surface area contributed by atoms with E-state index in [9.17, 15) is 0 Å². The van der Waals surface area contributed by atoms with Crippen molar-refractivity contribution in [3.05, 3.63) is 28.2 Å². The summed E-state index contributed by atoms with van der Waals surface area (Å²) in [7, 11) is 0. The number of benzene rings is 1. The van der Waals surface area contributed by atoms with Crippen molar-refractivity contribution < 1.29 is 5.11 Å². The van der Waals surface area contributed by atoms with Crippen LogP contribution in [0.25, 0.3) is 0 Å². The average molecular weight is 297 g/mol. The largest absolute Gasteiger partial charge is 0.392 e. The molecule has 1 N–H and O–H groups in total. The Morgan fingerprint density at radius 1 is 1.47 bits per heavy atom. The Morgan fingerprint density at radius 2 is 2.18 bits per heavy atom. The maximum Gasteiger partial charge on any atom is 0.0692 e. The number of hydrogen-bond donors (Lipinski definition) is 1. The van der Waals surface area contributed by atoms with Gasteiger partial charge in [0.2, 0.25) is 0 Å². The van der Waals surface area contributed by atoms with Gasteiger partial charge in [-0.15, -0.1) is 0 Å². The molecule has 1 aromatic rings. The van der Waals surface area contributed by atoms with Gasteiger partial charge >= 0.3 is 0 Å². The molecule has 17 heavy (non-hydrogen) atoms. The van der Waals surface area contributed by atoms with Gasteiger partial charge < -0.3 is 10.0 Å². The summed E-state index contributed by atoms with van der Waals surface area (Å²) >= 11 is 3.44. The summed E-state index contributed by atoms with van der Waals surface area (Å²) in [4.78, 5) is 2.18. The molecule has 0 aliphatic rings. The number of halogens is 1. The first kappa shape index (κ1) is 14.0. The van der Waals surface area contributed by atoms with Crippen LogP contribution in [0.4, 0.5) is 5.69 Å². The number of aliphatic hydroxyl groups excluding tert-OH is 1. The van der Waals surface area contributed by atoms with Crippen molar-refractivity contribution >= 4 is 21.6 Å².